The van der Waals surface area contributed by atoms with Crippen molar-refractivity contribution in [3.63, 3.8) is 0 Å². The Morgan fingerprint density at radius 1 is 1.52 bits per heavy atom. The zero-order valence-electron chi connectivity index (χ0n) is 11.1. The molecule has 0 saturated heterocycles. The molecule has 0 fully saturated rings. The van der Waals surface area contributed by atoms with Crippen LogP contribution in [0.2, 0.25) is 0 Å². The highest BCUT2D eigenvalue weighted by atomic mass is 16.6. The van der Waals surface area contributed by atoms with Gasteiger partial charge in [-0.3, -0.25) is 14.7 Å². The smallest absolute Gasteiger partial charge is 0.420 e. The Morgan fingerprint density at radius 2 is 2.24 bits per heavy atom. The molecule has 0 atom stereocenters. The van der Waals surface area contributed by atoms with Crippen LogP contribution in [0.4, 0.5) is 5.69 Å². The van der Waals surface area contributed by atoms with Gasteiger partial charge in [-0.1, -0.05) is 13.0 Å². The third-order valence-corrected chi connectivity index (χ3v) is 3.04. The number of hydrogen-bond donors (Lipinski definition) is 1. The molecular formula is C13H12N2O6. The number of hydrogen-bond acceptors (Lipinski definition) is 5. The van der Waals surface area contributed by atoms with Crippen molar-refractivity contribution in [1.29, 1.82) is 0 Å². The lowest BCUT2D eigenvalue weighted by atomic mass is 10.2. The highest BCUT2D eigenvalue weighted by molar-refractivity contribution is 5.86. The van der Waals surface area contributed by atoms with Crippen LogP contribution < -0.4 is 5.76 Å². The number of nitro groups is 1. The maximum Gasteiger partial charge on any atom is 0.420 e. The van der Waals surface area contributed by atoms with Crippen molar-refractivity contribution in [2.75, 3.05) is 0 Å². The van der Waals surface area contributed by atoms with Gasteiger partial charge in [-0.2, -0.15) is 0 Å². The fourth-order valence-electron chi connectivity index (χ4n) is 1.92. The average Bonchev–Trinajstić information content (AvgIpc) is 2.74. The Bertz CT molecular complexity index is 799. The van der Waals surface area contributed by atoms with E-state index in [1.807, 2.05) is 0 Å². The molecule has 2 aromatic rings. The van der Waals surface area contributed by atoms with Crippen LogP contribution >= 0.6 is 0 Å². The minimum Gasteiger partial charge on any atom is -0.478 e. The van der Waals surface area contributed by atoms with E-state index in [9.17, 15) is 19.7 Å². The maximum absolute atomic E-state index is 11.7. The first-order valence-corrected chi connectivity index (χ1v) is 6.14. The van der Waals surface area contributed by atoms with Gasteiger partial charge >= 0.3 is 11.7 Å². The normalized spacial score (nSPS) is 11.8. The Hall–Kier alpha value is -2.90. The molecule has 0 spiro atoms. The lowest BCUT2D eigenvalue weighted by Gasteiger charge is -2.00. The summed E-state index contributed by atoms with van der Waals surface area (Å²) in [5, 5.41) is 19.7. The van der Waals surface area contributed by atoms with E-state index in [4.69, 9.17) is 9.52 Å². The summed E-state index contributed by atoms with van der Waals surface area (Å²) in [5.41, 5.74) is 0.454. The number of oxazole rings is 1. The van der Waals surface area contributed by atoms with E-state index in [0.29, 0.717) is 6.42 Å². The molecular weight excluding hydrogens is 280 g/mol. The number of nitrogens with zero attached hydrogens (tertiary/aromatic N) is 2. The van der Waals surface area contributed by atoms with E-state index in [0.717, 1.165) is 4.57 Å². The topological polar surface area (TPSA) is 116 Å². The predicted molar refractivity (Wildman–Crippen MR) is 73.1 cm³/mol. The van der Waals surface area contributed by atoms with Crippen molar-refractivity contribution in [2.45, 2.75) is 19.9 Å². The van der Waals surface area contributed by atoms with Crippen LogP contribution in [0.1, 0.15) is 13.3 Å². The van der Waals surface area contributed by atoms with E-state index in [2.05, 4.69) is 0 Å². The van der Waals surface area contributed by atoms with Gasteiger partial charge in [-0.05, 0) is 12.5 Å². The average molecular weight is 292 g/mol. The molecule has 0 saturated carbocycles. The number of carbonyl (C=O) groups is 1. The van der Waals surface area contributed by atoms with Gasteiger partial charge in [0.25, 0.3) is 5.69 Å². The SMILES string of the molecule is CCC(=CCn1c(=O)oc2ccc([N+](=O)[O-])cc21)C(=O)O. The summed E-state index contributed by atoms with van der Waals surface area (Å²) in [7, 11) is 0. The first kappa shape index (κ1) is 14.5. The number of fused-ring (bicyclic) bond motifs is 1. The molecule has 21 heavy (non-hydrogen) atoms. The highest BCUT2D eigenvalue weighted by Gasteiger charge is 2.14. The molecule has 8 nitrogen and oxygen atoms in total. The number of allylic oxidation sites excluding steroid dienone is 1. The molecule has 8 heteroatoms. The summed E-state index contributed by atoms with van der Waals surface area (Å²) >= 11 is 0. The minimum atomic E-state index is -1.07. The lowest BCUT2D eigenvalue weighted by molar-refractivity contribution is -0.384. The molecule has 0 amide bonds. The van der Waals surface area contributed by atoms with Crippen LogP contribution in [0.5, 0.6) is 0 Å². The van der Waals surface area contributed by atoms with E-state index < -0.39 is 16.6 Å². The number of aliphatic carboxylic acids is 1. The maximum atomic E-state index is 11.7. The Morgan fingerprint density at radius 3 is 2.81 bits per heavy atom. The highest BCUT2D eigenvalue weighted by Crippen LogP contribution is 2.20. The standard InChI is InChI=1S/C13H12N2O6/c1-2-8(12(16)17)5-6-14-10-7-9(15(19)20)3-4-11(10)21-13(14)18/h3-5,7H,2,6H2,1H3,(H,16,17). The lowest BCUT2D eigenvalue weighted by Crippen LogP contribution is -2.14. The second kappa shape index (κ2) is 5.61. The monoisotopic (exact) mass is 292 g/mol. The van der Waals surface area contributed by atoms with Crippen molar-refractivity contribution in [3.05, 3.63) is 50.5 Å². The van der Waals surface area contributed by atoms with Gasteiger partial charge in [0, 0.05) is 24.3 Å². The summed E-state index contributed by atoms with van der Waals surface area (Å²) < 4.78 is 6.12. The van der Waals surface area contributed by atoms with Gasteiger partial charge in [0.2, 0.25) is 0 Å². The van der Waals surface area contributed by atoms with Crippen LogP contribution in [-0.2, 0) is 11.3 Å². The second-order valence-electron chi connectivity index (χ2n) is 4.28. The van der Waals surface area contributed by atoms with E-state index in [-0.39, 0.29) is 28.9 Å². The summed E-state index contributed by atoms with van der Waals surface area (Å²) in [4.78, 5) is 32.8. The third kappa shape index (κ3) is 2.83. The van der Waals surface area contributed by atoms with Gasteiger partial charge in [-0.15, -0.1) is 0 Å². The van der Waals surface area contributed by atoms with Crippen molar-refractivity contribution in [3.8, 4) is 0 Å². The third-order valence-electron chi connectivity index (χ3n) is 3.04. The van der Waals surface area contributed by atoms with Gasteiger partial charge in [0.05, 0.1) is 10.4 Å². The molecule has 0 radical (unpaired) electrons. The molecule has 0 aliphatic rings. The first-order chi connectivity index (χ1) is 9.93. The minimum absolute atomic E-state index is 0.0253. The zero-order valence-corrected chi connectivity index (χ0v) is 11.1. The molecule has 110 valence electrons. The molecule has 0 aliphatic heterocycles. The molecule has 0 aliphatic carbocycles. The summed E-state index contributed by atoms with van der Waals surface area (Å²) in [6, 6.07) is 3.80. The summed E-state index contributed by atoms with van der Waals surface area (Å²) in [6.45, 7) is 1.66. The predicted octanol–water partition coefficient (Wildman–Crippen LogP) is 1.92. The molecule has 1 aromatic heterocycles. The second-order valence-corrected chi connectivity index (χ2v) is 4.28. The Kier molecular flexibility index (Phi) is 3.88. The van der Waals surface area contributed by atoms with Gasteiger partial charge < -0.3 is 9.52 Å². The molecule has 1 N–H and O–H groups in total. The number of aromatic nitrogens is 1. The Balaban J connectivity index is 2.50. The van der Waals surface area contributed by atoms with Gasteiger partial charge in [0.15, 0.2) is 5.58 Å². The zero-order chi connectivity index (χ0) is 15.6. The molecule has 1 heterocycles. The molecule has 0 bridgehead atoms. The number of carboxylic acids is 1. The molecule has 2 rings (SSSR count). The Labute approximate surface area is 118 Å². The van der Waals surface area contributed by atoms with Crippen LogP contribution in [0.25, 0.3) is 11.1 Å². The number of non-ortho nitro benzene ring substituents is 1. The number of rotatable bonds is 5. The van der Waals surface area contributed by atoms with Crippen molar-refractivity contribution >= 4 is 22.8 Å². The largest absolute Gasteiger partial charge is 0.478 e. The van der Waals surface area contributed by atoms with Gasteiger partial charge in [-0.25, -0.2) is 9.59 Å². The van der Waals surface area contributed by atoms with Crippen LogP contribution in [0.3, 0.4) is 0 Å². The van der Waals surface area contributed by atoms with Crippen LogP contribution in [-0.4, -0.2) is 20.6 Å². The number of carboxylic acid groups (broad SMARTS) is 1. The molecule has 0 unspecified atom stereocenters. The fourth-order valence-corrected chi connectivity index (χ4v) is 1.92. The number of benzene rings is 1. The van der Waals surface area contributed by atoms with Crippen molar-refractivity contribution < 1.29 is 19.2 Å². The van der Waals surface area contributed by atoms with E-state index in [1.54, 1.807) is 6.92 Å². The first-order valence-electron chi connectivity index (χ1n) is 6.14. The van der Waals surface area contributed by atoms with E-state index >= 15 is 0 Å². The van der Waals surface area contributed by atoms with E-state index in [1.165, 1.54) is 24.3 Å². The van der Waals surface area contributed by atoms with Gasteiger partial charge in [0.1, 0.15) is 0 Å². The quantitative estimate of drug-likeness (QED) is 0.511. The van der Waals surface area contributed by atoms with Crippen molar-refractivity contribution in [1.82, 2.24) is 4.57 Å². The fraction of sp³-hybridized carbons (Fsp3) is 0.231. The van der Waals surface area contributed by atoms with Crippen LogP contribution in [0, 0.1) is 10.1 Å². The molecule has 1 aromatic carbocycles. The van der Waals surface area contributed by atoms with Crippen LogP contribution in [0.15, 0.2) is 39.1 Å². The van der Waals surface area contributed by atoms with Crippen molar-refractivity contribution in [2.24, 2.45) is 0 Å². The summed E-state index contributed by atoms with van der Waals surface area (Å²) in [5.74, 6) is -1.76. The number of nitro benzene ring substituents is 1. The summed E-state index contributed by atoms with van der Waals surface area (Å²) in [6.07, 6.45) is 1.69.